The van der Waals surface area contributed by atoms with E-state index < -0.39 is 0 Å². The first-order valence-corrected chi connectivity index (χ1v) is 11.3. The number of aromatic nitrogens is 2. The molecule has 10 nitrogen and oxygen atoms in total. The second-order valence-electron chi connectivity index (χ2n) is 8.28. The quantitative estimate of drug-likeness (QED) is 0.708. The minimum absolute atomic E-state index is 0.00112. The van der Waals surface area contributed by atoms with Gasteiger partial charge in [0.15, 0.2) is 0 Å². The van der Waals surface area contributed by atoms with Crippen molar-refractivity contribution in [1.29, 1.82) is 0 Å². The first-order chi connectivity index (χ1) is 16.0. The van der Waals surface area contributed by atoms with Crippen LogP contribution in [0.4, 0.5) is 10.7 Å². The van der Waals surface area contributed by atoms with E-state index in [2.05, 4.69) is 14.9 Å². The number of hydrogen-bond donors (Lipinski definition) is 1. The number of rotatable bonds is 5. The van der Waals surface area contributed by atoms with Gasteiger partial charge in [-0.25, -0.2) is 14.8 Å². The van der Waals surface area contributed by atoms with Crippen LogP contribution in [-0.4, -0.2) is 103 Å². The fraction of sp³-hybridized carbons (Fsp3) is 0.478. The largest absolute Gasteiger partial charge is 0.378 e. The number of amides is 3. The fourth-order valence-electron chi connectivity index (χ4n) is 4.05. The van der Waals surface area contributed by atoms with Gasteiger partial charge in [-0.15, -0.1) is 0 Å². The van der Waals surface area contributed by atoms with Gasteiger partial charge in [0.25, 0.3) is 0 Å². The number of nitrogens with zero attached hydrogens (tertiary/aromatic N) is 6. The highest BCUT2D eigenvalue weighted by molar-refractivity contribution is 5.77. The van der Waals surface area contributed by atoms with Crippen molar-refractivity contribution in [3.63, 3.8) is 0 Å². The summed E-state index contributed by atoms with van der Waals surface area (Å²) in [6, 6.07) is 8.07. The highest BCUT2D eigenvalue weighted by Gasteiger charge is 2.27. The van der Waals surface area contributed by atoms with E-state index >= 15 is 0 Å². The molecule has 3 heterocycles. The lowest BCUT2D eigenvalue weighted by molar-refractivity contribution is -0.128. The van der Waals surface area contributed by atoms with Crippen LogP contribution in [-0.2, 0) is 16.1 Å². The van der Waals surface area contributed by atoms with Gasteiger partial charge in [-0.05, 0) is 17.2 Å². The average Bonchev–Trinajstić information content (AvgIpc) is 2.88. The van der Waals surface area contributed by atoms with Crippen LogP contribution in [0.3, 0.4) is 0 Å². The molecule has 2 saturated heterocycles. The van der Waals surface area contributed by atoms with Crippen LogP contribution in [0.1, 0.15) is 5.56 Å². The van der Waals surface area contributed by atoms with Gasteiger partial charge in [-0.3, -0.25) is 4.79 Å². The Kier molecular flexibility index (Phi) is 7.36. The molecular weight excluding hydrogens is 422 g/mol. The molecule has 0 radical (unpaired) electrons. The number of carbonyl (C=O) groups is 2. The molecule has 33 heavy (non-hydrogen) atoms. The second-order valence-corrected chi connectivity index (χ2v) is 8.28. The van der Waals surface area contributed by atoms with E-state index in [4.69, 9.17) is 10.5 Å². The number of carbonyl (C=O) groups excluding carboxylic acids is 2. The van der Waals surface area contributed by atoms with E-state index in [1.54, 1.807) is 11.9 Å². The van der Waals surface area contributed by atoms with Crippen molar-refractivity contribution in [3.05, 3.63) is 42.2 Å². The van der Waals surface area contributed by atoms with E-state index in [0.29, 0.717) is 65.0 Å². The molecule has 10 heteroatoms. The predicted octanol–water partition coefficient (Wildman–Crippen LogP) is 0.635. The van der Waals surface area contributed by atoms with Gasteiger partial charge in [0, 0.05) is 70.8 Å². The molecule has 0 saturated carbocycles. The topological polar surface area (TPSA) is 108 Å². The highest BCUT2D eigenvalue weighted by Crippen LogP contribution is 2.21. The minimum atomic E-state index is -0.0974. The summed E-state index contributed by atoms with van der Waals surface area (Å²) in [4.78, 5) is 41.0. The lowest BCUT2D eigenvalue weighted by atomic mass is 10.1. The van der Waals surface area contributed by atoms with Gasteiger partial charge in [-0.2, -0.15) is 0 Å². The average molecular weight is 454 g/mol. The van der Waals surface area contributed by atoms with Crippen molar-refractivity contribution in [3.8, 4) is 11.1 Å². The molecule has 0 bridgehead atoms. The van der Waals surface area contributed by atoms with Crippen molar-refractivity contribution in [2.75, 3.05) is 71.0 Å². The summed E-state index contributed by atoms with van der Waals surface area (Å²) in [6.45, 7) is 5.73. The Morgan fingerprint density at radius 1 is 1.00 bits per heavy atom. The van der Waals surface area contributed by atoms with Crippen LogP contribution >= 0.6 is 0 Å². The van der Waals surface area contributed by atoms with Gasteiger partial charge in [-0.1, -0.05) is 18.2 Å². The second kappa shape index (κ2) is 10.6. The molecule has 2 aliphatic rings. The normalized spacial score (nSPS) is 16.6. The Hall–Kier alpha value is -3.24. The molecule has 0 spiro atoms. The smallest absolute Gasteiger partial charge is 0.320 e. The van der Waals surface area contributed by atoms with Crippen LogP contribution < -0.4 is 10.6 Å². The van der Waals surface area contributed by atoms with Crippen molar-refractivity contribution in [1.82, 2.24) is 24.7 Å². The van der Waals surface area contributed by atoms with Crippen LogP contribution in [0.5, 0.6) is 0 Å². The fourth-order valence-corrected chi connectivity index (χ4v) is 4.05. The Bertz CT molecular complexity index is 955. The van der Waals surface area contributed by atoms with Gasteiger partial charge in [0.05, 0.1) is 19.8 Å². The zero-order valence-electron chi connectivity index (χ0n) is 19.0. The standard InChI is InChI=1S/C23H31N7O3/c1-27(21(31)14-24)17-18-3-2-4-19(13-18)20-15-25-22(26-16-20)28-5-7-29(8-6-28)23(32)30-9-11-33-12-10-30/h2-4,13,15-16H,5-12,14,17,24H2,1H3. The molecule has 2 aliphatic heterocycles. The predicted molar refractivity (Wildman–Crippen MR) is 125 cm³/mol. The van der Waals surface area contributed by atoms with Crippen molar-refractivity contribution in [2.24, 2.45) is 5.73 Å². The number of anilines is 1. The Balaban J connectivity index is 1.35. The molecule has 176 valence electrons. The monoisotopic (exact) mass is 453 g/mol. The maximum absolute atomic E-state index is 12.7. The van der Waals surface area contributed by atoms with Crippen LogP contribution in [0.2, 0.25) is 0 Å². The molecule has 1 aromatic heterocycles. The molecule has 1 aromatic carbocycles. The maximum atomic E-state index is 12.7. The Morgan fingerprint density at radius 3 is 2.33 bits per heavy atom. The summed E-state index contributed by atoms with van der Waals surface area (Å²) in [6.07, 6.45) is 3.64. The van der Waals surface area contributed by atoms with Crippen molar-refractivity contribution < 1.29 is 14.3 Å². The molecule has 0 atom stereocenters. The van der Waals surface area contributed by atoms with Crippen LogP contribution in [0.25, 0.3) is 11.1 Å². The minimum Gasteiger partial charge on any atom is -0.378 e. The summed E-state index contributed by atoms with van der Waals surface area (Å²) in [5.74, 6) is 0.571. The van der Waals surface area contributed by atoms with Crippen LogP contribution in [0, 0.1) is 0 Å². The number of ether oxygens (including phenoxy) is 1. The number of morpholine rings is 1. The van der Waals surface area contributed by atoms with Crippen molar-refractivity contribution in [2.45, 2.75) is 6.54 Å². The molecule has 0 aliphatic carbocycles. The van der Waals surface area contributed by atoms with E-state index in [9.17, 15) is 9.59 Å². The van der Waals surface area contributed by atoms with E-state index in [0.717, 1.165) is 16.7 Å². The Morgan fingerprint density at radius 2 is 1.67 bits per heavy atom. The van der Waals surface area contributed by atoms with E-state index in [1.807, 2.05) is 46.5 Å². The lowest BCUT2D eigenvalue weighted by Gasteiger charge is -2.38. The summed E-state index contributed by atoms with van der Waals surface area (Å²) >= 11 is 0. The van der Waals surface area contributed by atoms with Crippen LogP contribution in [0.15, 0.2) is 36.7 Å². The van der Waals surface area contributed by atoms with E-state index in [1.165, 1.54) is 0 Å². The van der Waals surface area contributed by atoms with E-state index in [-0.39, 0.29) is 18.5 Å². The lowest BCUT2D eigenvalue weighted by Crippen LogP contribution is -2.55. The number of hydrogen-bond acceptors (Lipinski definition) is 7. The van der Waals surface area contributed by atoms with Gasteiger partial charge >= 0.3 is 6.03 Å². The molecule has 3 amide bonds. The number of nitrogens with two attached hydrogens (primary N) is 1. The van der Waals surface area contributed by atoms with Gasteiger partial charge in [0.1, 0.15) is 0 Å². The third-order valence-electron chi connectivity index (χ3n) is 6.03. The summed E-state index contributed by atoms with van der Waals surface area (Å²) in [7, 11) is 1.74. The summed E-state index contributed by atoms with van der Waals surface area (Å²) in [5, 5.41) is 0. The Labute approximate surface area is 193 Å². The van der Waals surface area contributed by atoms with Gasteiger partial charge < -0.3 is 30.1 Å². The number of benzene rings is 1. The first-order valence-electron chi connectivity index (χ1n) is 11.3. The molecule has 4 rings (SSSR count). The molecule has 0 unspecified atom stereocenters. The summed E-state index contributed by atoms with van der Waals surface area (Å²) in [5.41, 5.74) is 8.36. The SMILES string of the molecule is CN(Cc1cccc(-c2cnc(N3CCN(C(=O)N4CCOCC4)CC3)nc2)c1)C(=O)CN. The number of urea groups is 1. The summed E-state index contributed by atoms with van der Waals surface area (Å²) < 4.78 is 5.33. The molecule has 2 fully saturated rings. The van der Waals surface area contributed by atoms with Gasteiger partial charge in [0.2, 0.25) is 11.9 Å². The zero-order valence-corrected chi connectivity index (χ0v) is 19.0. The number of likely N-dealkylation sites (N-methyl/N-ethyl adjacent to an activating group) is 1. The molecular formula is C23H31N7O3. The third-order valence-corrected chi connectivity index (χ3v) is 6.03. The van der Waals surface area contributed by atoms with Crippen molar-refractivity contribution >= 4 is 17.9 Å². The highest BCUT2D eigenvalue weighted by atomic mass is 16.5. The maximum Gasteiger partial charge on any atom is 0.320 e. The molecule has 2 N–H and O–H groups in total. The third kappa shape index (κ3) is 5.58. The zero-order chi connectivity index (χ0) is 23.2. The molecule has 2 aromatic rings. The number of piperazine rings is 1. The first kappa shape index (κ1) is 22.9.